The summed E-state index contributed by atoms with van der Waals surface area (Å²) in [6.07, 6.45) is 3.27. The van der Waals surface area contributed by atoms with Crippen LogP contribution in [0.25, 0.3) is 0 Å². The molecule has 3 rings (SSSR count). The van der Waals surface area contributed by atoms with E-state index in [1.807, 2.05) is 6.07 Å². The number of hydrogen-bond donors (Lipinski definition) is 1. The molecule has 4 heteroatoms. The molecule has 2 aliphatic heterocycles. The maximum atomic E-state index is 12.2. The molecule has 4 nitrogen and oxygen atoms in total. The molecule has 0 radical (unpaired) electrons. The van der Waals surface area contributed by atoms with E-state index in [2.05, 4.69) is 11.9 Å². The van der Waals surface area contributed by atoms with E-state index in [1.165, 1.54) is 0 Å². The fraction of sp³-hybridized carbons (Fsp3) is 0.357. The predicted molar refractivity (Wildman–Crippen MR) is 67.4 cm³/mol. The van der Waals surface area contributed by atoms with E-state index < -0.39 is 0 Å². The first-order valence-electron chi connectivity index (χ1n) is 6.14. The average Bonchev–Trinajstić information content (AvgIpc) is 3.00. The SMILES string of the molecule is C=CCNC(=O)c1c2c(cc3c1OCC3)OCC2. The van der Waals surface area contributed by atoms with Gasteiger partial charge < -0.3 is 14.8 Å². The van der Waals surface area contributed by atoms with Crippen molar-refractivity contribution in [2.45, 2.75) is 12.8 Å². The highest BCUT2D eigenvalue weighted by atomic mass is 16.5. The monoisotopic (exact) mass is 245 g/mol. The molecule has 18 heavy (non-hydrogen) atoms. The van der Waals surface area contributed by atoms with Crippen LogP contribution >= 0.6 is 0 Å². The normalized spacial score (nSPS) is 15.3. The van der Waals surface area contributed by atoms with Gasteiger partial charge in [-0.3, -0.25) is 4.79 Å². The van der Waals surface area contributed by atoms with Crippen molar-refractivity contribution in [3.63, 3.8) is 0 Å². The Morgan fingerprint density at radius 1 is 1.39 bits per heavy atom. The highest BCUT2D eigenvalue weighted by Crippen LogP contribution is 2.40. The zero-order chi connectivity index (χ0) is 12.5. The second kappa shape index (κ2) is 4.37. The summed E-state index contributed by atoms with van der Waals surface area (Å²) in [4.78, 5) is 12.2. The van der Waals surface area contributed by atoms with Gasteiger partial charge in [0.25, 0.3) is 5.91 Å². The van der Waals surface area contributed by atoms with Crippen molar-refractivity contribution in [3.8, 4) is 11.5 Å². The van der Waals surface area contributed by atoms with Crippen LogP contribution < -0.4 is 14.8 Å². The van der Waals surface area contributed by atoms with E-state index in [1.54, 1.807) is 6.08 Å². The van der Waals surface area contributed by atoms with Crippen LogP contribution in [0.3, 0.4) is 0 Å². The van der Waals surface area contributed by atoms with Crippen molar-refractivity contribution in [3.05, 3.63) is 35.4 Å². The van der Waals surface area contributed by atoms with Crippen molar-refractivity contribution in [1.29, 1.82) is 0 Å². The molecular weight excluding hydrogens is 230 g/mol. The van der Waals surface area contributed by atoms with Gasteiger partial charge in [0.05, 0.1) is 18.8 Å². The van der Waals surface area contributed by atoms with Gasteiger partial charge in [0.2, 0.25) is 0 Å². The molecule has 0 unspecified atom stereocenters. The molecule has 0 aromatic heterocycles. The van der Waals surface area contributed by atoms with E-state index in [0.717, 1.165) is 35.5 Å². The zero-order valence-corrected chi connectivity index (χ0v) is 10.1. The van der Waals surface area contributed by atoms with Crippen LogP contribution in [-0.2, 0) is 12.8 Å². The minimum absolute atomic E-state index is 0.101. The van der Waals surface area contributed by atoms with Crippen molar-refractivity contribution < 1.29 is 14.3 Å². The fourth-order valence-corrected chi connectivity index (χ4v) is 2.48. The third kappa shape index (κ3) is 1.65. The van der Waals surface area contributed by atoms with E-state index in [9.17, 15) is 4.79 Å². The summed E-state index contributed by atoms with van der Waals surface area (Å²) >= 11 is 0. The van der Waals surface area contributed by atoms with Crippen LogP contribution in [0.4, 0.5) is 0 Å². The first-order chi connectivity index (χ1) is 8.81. The van der Waals surface area contributed by atoms with Crippen LogP contribution in [0.5, 0.6) is 11.5 Å². The van der Waals surface area contributed by atoms with Gasteiger partial charge in [-0.25, -0.2) is 0 Å². The molecule has 0 aliphatic carbocycles. The number of carbonyl (C=O) groups is 1. The van der Waals surface area contributed by atoms with E-state index >= 15 is 0 Å². The van der Waals surface area contributed by atoms with Gasteiger partial charge in [-0.2, -0.15) is 0 Å². The Balaban J connectivity index is 2.06. The van der Waals surface area contributed by atoms with E-state index in [-0.39, 0.29) is 5.91 Å². The predicted octanol–water partition coefficient (Wildman–Crippen LogP) is 1.47. The smallest absolute Gasteiger partial charge is 0.255 e. The number of benzene rings is 1. The standard InChI is InChI=1S/C14H15NO3/c1-2-5-15-14(16)12-10-4-7-17-11(10)8-9-3-6-18-13(9)12/h2,8H,1,3-7H2,(H,15,16). The minimum atomic E-state index is -0.101. The van der Waals surface area contributed by atoms with Crippen LogP contribution in [-0.4, -0.2) is 25.7 Å². The van der Waals surface area contributed by atoms with Gasteiger partial charge in [0.1, 0.15) is 11.5 Å². The quantitative estimate of drug-likeness (QED) is 0.820. The van der Waals surface area contributed by atoms with Crippen LogP contribution in [0, 0.1) is 0 Å². The molecule has 0 fully saturated rings. The summed E-state index contributed by atoms with van der Waals surface area (Å²) in [5.74, 6) is 1.47. The van der Waals surface area contributed by atoms with Crippen molar-refractivity contribution in [1.82, 2.24) is 5.32 Å². The lowest BCUT2D eigenvalue weighted by atomic mass is 9.99. The minimum Gasteiger partial charge on any atom is -0.493 e. The molecule has 1 N–H and O–H groups in total. The van der Waals surface area contributed by atoms with E-state index in [0.29, 0.717) is 25.3 Å². The Bertz CT molecular complexity index is 490. The van der Waals surface area contributed by atoms with Gasteiger partial charge in [0.15, 0.2) is 0 Å². The maximum Gasteiger partial charge on any atom is 0.255 e. The highest BCUT2D eigenvalue weighted by Gasteiger charge is 2.29. The third-order valence-electron chi connectivity index (χ3n) is 3.28. The molecule has 0 atom stereocenters. The molecule has 0 saturated carbocycles. The second-order valence-corrected chi connectivity index (χ2v) is 4.41. The molecule has 0 saturated heterocycles. The maximum absolute atomic E-state index is 12.2. The highest BCUT2D eigenvalue weighted by molar-refractivity contribution is 6.00. The molecule has 2 heterocycles. The number of ether oxygens (including phenoxy) is 2. The van der Waals surface area contributed by atoms with E-state index in [4.69, 9.17) is 9.47 Å². The lowest BCUT2D eigenvalue weighted by Crippen LogP contribution is -2.24. The van der Waals surface area contributed by atoms with Crippen LogP contribution in [0.15, 0.2) is 18.7 Å². The van der Waals surface area contributed by atoms with Crippen molar-refractivity contribution in [2.24, 2.45) is 0 Å². The molecule has 2 aliphatic rings. The van der Waals surface area contributed by atoms with Gasteiger partial charge in [0, 0.05) is 30.5 Å². The van der Waals surface area contributed by atoms with Crippen LogP contribution in [0.1, 0.15) is 21.5 Å². The summed E-state index contributed by atoms with van der Waals surface area (Å²) in [5.41, 5.74) is 2.69. The number of fused-ring (bicyclic) bond motifs is 2. The van der Waals surface area contributed by atoms with Crippen molar-refractivity contribution >= 4 is 5.91 Å². The topological polar surface area (TPSA) is 47.6 Å². The third-order valence-corrected chi connectivity index (χ3v) is 3.28. The molecule has 1 amide bonds. The Morgan fingerprint density at radius 2 is 2.22 bits per heavy atom. The summed E-state index contributed by atoms with van der Waals surface area (Å²) in [5, 5.41) is 2.82. The lowest BCUT2D eigenvalue weighted by molar-refractivity contribution is 0.0954. The number of carbonyl (C=O) groups excluding carboxylic acids is 1. The number of hydrogen-bond acceptors (Lipinski definition) is 3. The van der Waals surface area contributed by atoms with Gasteiger partial charge >= 0.3 is 0 Å². The molecule has 1 aromatic carbocycles. The summed E-state index contributed by atoms with van der Waals surface area (Å²) in [6, 6.07) is 2.01. The molecule has 94 valence electrons. The fourth-order valence-electron chi connectivity index (χ4n) is 2.48. The zero-order valence-electron chi connectivity index (χ0n) is 10.1. The number of amides is 1. The summed E-state index contributed by atoms with van der Waals surface area (Å²) in [6.45, 7) is 5.33. The Morgan fingerprint density at radius 3 is 3.06 bits per heavy atom. The molecular formula is C14H15NO3. The Labute approximate surface area is 106 Å². The Hall–Kier alpha value is -1.97. The average molecular weight is 245 g/mol. The number of nitrogens with one attached hydrogen (secondary N) is 1. The first kappa shape index (κ1) is 11.1. The molecule has 0 spiro atoms. The van der Waals surface area contributed by atoms with Gasteiger partial charge in [-0.1, -0.05) is 6.08 Å². The first-order valence-corrected chi connectivity index (χ1v) is 6.14. The molecule has 0 bridgehead atoms. The van der Waals surface area contributed by atoms with Crippen LogP contribution in [0.2, 0.25) is 0 Å². The second-order valence-electron chi connectivity index (χ2n) is 4.41. The Kier molecular flexibility index (Phi) is 2.70. The number of rotatable bonds is 3. The summed E-state index contributed by atoms with van der Waals surface area (Å²) in [7, 11) is 0. The largest absolute Gasteiger partial charge is 0.493 e. The van der Waals surface area contributed by atoms with Gasteiger partial charge in [-0.15, -0.1) is 6.58 Å². The lowest BCUT2D eigenvalue weighted by Gasteiger charge is -2.12. The van der Waals surface area contributed by atoms with Gasteiger partial charge in [-0.05, 0) is 6.07 Å². The van der Waals surface area contributed by atoms with Crippen molar-refractivity contribution in [2.75, 3.05) is 19.8 Å². The summed E-state index contributed by atoms with van der Waals surface area (Å²) < 4.78 is 11.2. The molecule has 1 aromatic rings.